The summed E-state index contributed by atoms with van der Waals surface area (Å²) in [6.07, 6.45) is 0. The third kappa shape index (κ3) is 4.57. The van der Waals surface area contributed by atoms with E-state index in [4.69, 9.17) is 4.42 Å². The molecule has 1 N–H and O–H groups in total. The van der Waals surface area contributed by atoms with Gasteiger partial charge in [0.05, 0.1) is 11.0 Å². The highest BCUT2D eigenvalue weighted by Gasteiger charge is 2.06. The second-order valence-corrected chi connectivity index (χ2v) is 5.53. The van der Waals surface area contributed by atoms with Crippen molar-refractivity contribution in [2.24, 2.45) is 0 Å². The summed E-state index contributed by atoms with van der Waals surface area (Å²) < 4.78 is 35.2. The van der Waals surface area contributed by atoms with Crippen molar-refractivity contribution in [2.45, 2.75) is 19.7 Å². The summed E-state index contributed by atoms with van der Waals surface area (Å²) >= 11 is 6.60. The van der Waals surface area contributed by atoms with Crippen molar-refractivity contribution in [2.75, 3.05) is 0 Å². The molecule has 0 unspecified atom stereocenters. The number of rotatable bonds is 6. The van der Waals surface area contributed by atoms with Gasteiger partial charge in [-0.3, -0.25) is 0 Å². The molecule has 0 saturated heterocycles. The SMILES string of the molecule is FC(F)Oc1ccc(CNCc2cc(Br)c(Br)o2)cc1. The first-order valence-electron chi connectivity index (χ1n) is 5.73. The third-order valence-corrected chi connectivity index (χ3v) is 4.18. The molecule has 1 heterocycles. The second-order valence-electron chi connectivity index (χ2n) is 3.96. The smallest absolute Gasteiger partial charge is 0.387 e. The Bertz CT molecular complexity index is 538. The van der Waals surface area contributed by atoms with E-state index in [0.29, 0.717) is 17.8 Å². The Labute approximate surface area is 131 Å². The van der Waals surface area contributed by atoms with Gasteiger partial charge in [-0.25, -0.2) is 0 Å². The molecule has 20 heavy (non-hydrogen) atoms. The zero-order valence-electron chi connectivity index (χ0n) is 10.2. The van der Waals surface area contributed by atoms with Crippen LogP contribution in [0.1, 0.15) is 11.3 Å². The van der Waals surface area contributed by atoms with E-state index in [2.05, 4.69) is 41.9 Å². The molecule has 3 nitrogen and oxygen atoms in total. The van der Waals surface area contributed by atoms with Crippen LogP contribution in [0.2, 0.25) is 0 Å². The summed E-state index contributed by atoms with van der Waals surface area (Å²) in [5.74, 6) is 0.948. The van der Waals surface area contributed by atoms with Crippen molar-refractivity contribution in [1.82, 2.24) is 5.32 Å². The number of alkyl halides is 2. The molecular weight excluding hydrogens is 400 g/mol. The largest absolute Gasteiger partial charge is 0.452 e. The topological polar surface area (TPSA) is 34.4 Å². The molecule has 0 bridgehead atoms. The quantitative estimate of drug-likeness (QED) is 0.749. The van der Waals surface area contributed by atoms with E-state index in [1.807, 2.05) is 6.07 Å². The van der Waals surface area contributed by atoms with E-state index >= 15 is 0 Å². The fourth-order valence-corrected chi connectivity index (χ4v) is 2.26. The molecule has 108 valence electrons. The number of halogens is 4. The summed E-state index contributed by atoms with van der Waals surface area (Å²) in [5, 5.41) is 3.19. The molecule has 0 amide bonds. The predicted octanol–water partition coefficient (Wildman–Crippen LogP) is 4.70. The summed E-state index contributed by atoms with van der Waals surface area (Å²) in [4.78, 5) is 0. The van der Waals surface area contributed by atoms with Crippen LogP contribution in [0.15, 0.2) is 43.9 Å². The van der Waals surface area contributed by atoms with Crippen molar-refractivity contribution in [3.05, 3.63) is 50.8 Å². The number of nitrogens with one attached hydrogen (secondary N) is 1. The first-order chi connectivity index (χ1) is 9.54. The Morgan fingerprint density at radius 2 is 1.85 bits per heavy atom. The van der Waals surface area contributed by atoms with E-state index in [0.717, 1.165) is 15.8 Å². The van der Waals surface area contributed by atoms with Gasteiger partial charge in [-0.1, -0.05) is 12.1 Å². The fraction of sp³-hybridized carbons (Fsp3) is 0.231. The minimum atomic E-state index is -2.80. The van der Waals surface area contributed by atoms with Crippen molar-refractivity contribution in [3.8, 4) is 5.75 Å². The van der Waals surface area contributed by atoms with Crippen molar-refractivity contribution in [3.63, 3.8) is 0 Å². The standard InChI is InChI=1S/C13H11Br2F2NO2/c14-11-5-10(19-12(11)15)7-18-6-8-1-3-9(4-2-8)20-13(16)17/h1-5,13,18H,6-7H2. The normalized spacial score (nSPS) is 11.1. The molecule has 0 spiro atoms. The van der Waals surface area contributed by atoms with Crippen LogP contribution in [0.5, 0.6) is 5.75 Å². The highest BCUT2D eigenvalue weighted by Crippen LogP contribution is 2.26. The molecule has 0 fully saturated rings. The van der Waals surface area contributed by atoms with Gasteiger partial charge in [-0.2, -0.15) is 8.78 Å². The summed E-state index contributed by atoms with van der Waals surface area (Å²) in [7, 11) is 0. The Balaban J connectivity index is 1.82. The van der Waals surface area contributed by atoms with Crippen LogP contribution in [0.4, 0.5) is 8.78 Å². The van der Waals surface area contributed by atoms with E-state index < -0.39 is 6.61 Å². The average molecular weight is 411 g/mol. The Kier molecular flexibility index (Phi) is 5.56. The molecule has 2 aromatic rings. The van der Waals surface area contributed by atoms with E-state index in [1.54, 1.807) is 12.1 Å². The molecule has 7 heteroatoms. The predicted molar refractivity (Wildman–Crippen MR) is 77.7 cm³/mol. The van der Waals surface area contributed by atoms with Gasteiger partial charge in [0.1, 0.15) is 11.5 Å². The zero-order valence-corrected chi connectivity index (χ0v) is 13.4. The van der Waals surface area contributed by atoms with Crippen LogP contribution in [0.3, 0.4) is 0 Å². The number of benzene rings is 1. The first-order valence-corrected chi connectivity index (χ1v) is 7.31. The maximum atomic E-state index is 12.0. The number of ether oxygens (including phenoxy) is 1. The van der Waals surface area contributed by atoms with Gasteiger partial charge in [0, 0.05) is 6.54 Å². The maximum Gasteiger partial charge on any atom is 0.387 e. The Hall–Kier alpha value is -0.920. The molecular formula is C13H11Br2F2NO2. The van der Waals surface area contributed by atoms with Gasteiger partial charge in [0.15, 0.2) is 4.67 Å². The van der Waals surface area contributed by atoms with Crippen molar-refractivity contribution in [1.29, 1.82) is 0 Å². The molecule has 0 aliphatic carbocycles. The van der Waals surface area contributed by atoms with E-state index in [9.17, 15) is 8.78 Å². The van der Waals surface area contributed by atoms with Crippen LogP contribution < -0.4 is 10.1 Å². The lowest BCUT2D eigenvalue weighted by molar-refractivity contribution is -0.0498. The van der Waals surface area contributed by atoms with E-state index in [-0.39, 0.29) is 5.75 Å². The second kappa shape index (κ2) is 7.19. The lowest BCUT2D eigenvalue weighted by Gasteiger charge is -2.06. The Morgan fingerprint density at radius 1 is 1.15 bits per heavy atom. The number of furan rings is 1. The first kappa shape index (κ1) is 15.5. The van der Waals surface area contributed by atoms with Gasteiger partial charge < -0.3 is 14.5 Å². The highest BCUT2D eigenvalue weighted by atomic mass is 79.9. The zero-order chi connectivity index (χ0) is 14.5. The monoisotopic (exact) mass is 409 g/mol. The average Bonchev–Trinajstić information content (AvgIpc) is 2.70. The lowest BCUT2D eigenvalue weighted by atomic mass is 10.2. The minimum Gasteiger partial charge on any atom is -0.452 e. The van der Waals surface area contributed by atoms with E-state index in [1.165, 1.54) is 12.1 Å². The van der Waals surface area contributed by atoms with Crippen molar-refractivity contribution >= 4 is 31.9 Å². The third-order valence-electron chi connectivity index (χ3n) is 2.47. The fourth-order valence-electron chi connectivity index (χ4n) is 1.60. The van der Waals surface area contributed by atoms with Crippen LogP contribution in [-0.2, 0) is 13.1 Å². The van der Waals surface area contributed by atoms with Crippen LogP contribution >= 0.6 is 31.9 Å². The minimum absolute atomic E-state index is 0.155. The molecule has 0 aliphatic rings. The number of hydrogen-bond donors (Lipinski definition) is 1. The van der Waals surface area contributed by atoms with Gasteiger partial charge in [0.25, 0.3) is 0 Å². The Morgan fingerprint density at radius 3 is 2.40 bits per heavy atom. The highest BCUT2D eigenvalue weighted by molar-refractivity contribution is 9.13. The summed E-state index contributed by atoms with van der Waals surface area (Å²) in [5.41, 5.74) is 0.969. The summed E-state index contributed by atoms with van der Waals surface area (Å²) in [6.45, 7) is -1.63. The van der Waals surface area contributed by atoms with Crippen LogP contribution in [-0.4, -0.2) is 6.61 Å². The van der Waals surface area contributed by atoms with Crippen LogP contribution in [0.25, 0.3) is 0 Å². The van der Waals surface area contributed by atoms with Crippen molar-refractivity contribution < 1.29 is 17.9 Å². The molecule has 0 atom stereocenters. The molecule has 0 saturated carbocycles. The lowest BCUT2D eigenvalue weighted by Crippen LogP contribution is -2.12. The molecule has 0 aliphatic heterocycles. The van der Waals surface area contributed by atoms with Gasteiger partial charge >= 0.3 is 6.61 Å². The molecule has 1 aromatic heterocycles. The van der Waals surface area contributed by atoms with Crippen LogP contribution in [0, 0.1) is 0 Å². The molecule has 0 radical (unpaired) electrons. The van der Waals surface area contributed by atoms with Gasteiger partial charge in [0.2, 0.25) is 0 Å². The van der Waals surface area contributed by atoms with Gasteiger partial charge in [-0.15, -0.1) is 0 Å². The molecule has 1 aromatic carbocycles. The maximum absolute atomic E-state index is 12.0. The summed E-state index contributed by atoms with van der Waals surface area (Å²) in [6, 6.07) is 8.38. The molecule has 2 rings (SSSR count). The van der Waals surface area contributed by atoms with Gasteiger partial charge in [-0.05, 0) is 55.6 Å². The number of hydrogen-bond acceptors (Lipinski definition) is 3.